The molecule has 0 saturated carbocycles. The molecule has 0 aliphatic carbocycles. The highest BCUT2D eigenvalue weighted by Crippen LogP contribution is 2.23. The summed E-state index contributed by atoms with van der Waals surface area (Å²) in [5.41, 5.74) is 3.85. The Kier molecular flexibility index (Phi) is 3.13. The lowest BCUT2D eigenvalue weighted by atomic mass is 10.2. The van der Waals surface area contributed by atoms with Crippen molar-refractivity contribution in [1.29, 1.82) is 0 Å². The normalized spacial score (nSPS) is 10.5. The smallest absolute Gasteiger partial charge is 0.387 e. The van der Waals surface area contributed by atoms with E-state index in [1.807, 2.05) is 0 Å². The van der Waals surface area contributed by atoms with E-state index in [0.717, 1.165) is 0 Å². The third-order valence-electron chi connectivity index (χ3n) is 1.49. The Bertz CT molecular complexity index is 394. The first-order chi connectivity index (χ1) is 6.91. The predicted molar refractivity (Wildman–Crippen MR) is 41.5 cm³/mol. The van der Waals surface area contributed by atoms with Gasteiger partial charge in [0.1, 0.15) is 5.82 Å². The average Bonchev–Trinajstić information content (AvgIpc) is 2.09. The maximum absolute atomic E-state index is 13.1. The second-order valence-electron chi connectivity index (χ2n) is 2.51. The molecule has 0 aliphatic heterocycles. The summed E-state index contributed by atoms with van der Waals surface area (Å²) in [5, 5.41) is 0. The maximum Gasteiger partial charge on any atom is 0.387 e. The summed E-state index contributed by atoms with van der Waals surface area (Å²) in [6.45, 7) is -3.32. The largest absolute Gasteiger partial charge is 0.432 e. The van der Waals surface area contributed by atoms with E-state index < -0.39 is 35.5 Å². The molecule has 0 heterocycles. The fraction of sp³-hybridized carbons (Fsp3) is 0.125. The van der Waals surface area contributed by atoms with Gasteiger partial charge in [-0.05, 0) is 6.07 Å². The van der Waals surface area contributed by atoms with E-state index in [-0.39, 0.29) is 0 Å². The van der Waals surface area contributed by atoms with Crippen LogP contribution in [-0.2, 0) is 0 Å². The third kappa shape index (κ3) is 2.58. The molecule has 0 unspecified atom stereocenters. The van der Waals surface area contributed by atoms with Gasteiger partial charge in [0.2, 0.25) is 0 Å². The van der Waals surface area contributed by atoms with E-state index in [2.05, 4.69) is 4.74 Å². The number of carbonyl (C=O) groups excluding carboxylic acids is 1. The Labute approximate surface area is 81.4 Å². The molecule has 0 bridgehead atoms. The summed E-state index contributed by atoms with van der Waals surface area (Å²) in [4.78, 5) is 10.6. The summed E-state index contributed by atoms with van der Waals surface area (Å²) < 4.78 is 53.0. The Morgan fingerprint density at radius 3 is 2.40 bits per heavy atom. The summed E-state index contributed by atoms with van der Waals surface area (Å²) in [5.74, 6) is -4.84. The van der Waals surface area contributed by atoms with Gasteiger partial charge in [-0.2, -0.15) is 8.78 Å². The summed E-state index contributed by atoms with van der Waals surface area (Å²) in [6, 6.07) is 0.893. The third-order valence-corrected chi connectivity index (χ3v) is 1.49. The van der Waals surface area contributed by atoms with Crippen LogP contribution in [0, 0.1) is 11.6 Å². The number of hydrogen-bond acceptors (Lipinski definition) is 2. The number of nitrogens with two attached hydrogens (primary N) is 1. The van der Waals surface area contributed by atoms with E-state index in [1.54, 1.807) is 0 Å². The molecule has 0 atom stereocenters. The molecule has 0 aromatic heterocycles. The highest BCUT2D eigenvalue weighted by molar-refractivity contribution is 5.93. The number of ether oxygens (including phenoxy) is 1. The molecule has 1 aromatic carbocycles. The van der Waals surface area contributed by atoms with Gasteiger partial charge in [-0.25, -0.2) is 8.78 Å². The van der Waals surface area contributed by atoms with Crippen molar-refractivity contribution in [3.05, 3.63) is 29.3 Å². The highest BCUT2D eigenvalue weighted by atomic mass is 19.3. The van der Waals surface area contributed by atoms with Crippen LogP contribution in [-0.4, -0.2) is 12.5 Å². The van der Waals surface area contributed by atoms with Gasteiger partial charge in [0.25, 0.3) is 5.91 Å². The SMILES string of the molecule is NC(=O)c1cc(F)cc(OC(F)F)c1F. The quantitative estimate of drug-likeness (QED) is 0.792. The fourth-order valence-electron chi connectivity index (χ4n) is 0.925. The Balaban J connectivity index is 3.22. The van der Waals surface area contributed by atoms with Crippen molar-refractivity contribution in [2.24, 2.45) is 5.73 Å². The molecule has 7 heteroatoms. The van der Waals surface area contributed by atoms with Gasteiger partial charge in [-0.3, -0.25) is 4.79 Å². The van der Waals surface area contributed by atoms with E-state index in [1.165, 1.54) is 0 Å². The first-order valence-electron chi connectivity index (χ1n) is 3.65. The van der Waals surface area contributed by atoms with Crippen LogP contribution in [0.2, 0.25) is 0 Å². The van der Waals surface area contributed by atoms with Gasteiger partial charge >= 0.3 is 6.61 Å². The van der Waals surface area contributed by atoms with Crippen molar-refractivity contribution in [2.45, 2.75) is 6.61 Å². The molecule has 0 spiro atoms. The molecule has 15 heavy (non-hydrogen) atoms. The lowest BCUT2D eigenvalue weighted by Crippen LogP contribution is -2.15. The number of hydrogen-bond donors (Lipinski definition) is 1. The monoisotopic (exact) mass is 223 g/mol. The molecule has 0 saturated heterocycles. The second-order valence-corrected chi connectivity index (χ2v) is 2.51. The minimum atomic E-state index is -3.32. The van der Waals surface area contributed by atoms with E-state index in [0.29, 0.717) is 12.1 Å². The molecular formula is C8H5F4NO2. The number of amides is 1. The van der Waals surface area contributed by atoms with Crippen LogP contribution in [0.3, 0.4) is 0 Å². The van der Waals surface area contributed by atoms with Crippen molar-refractivity contribution in [1.82, 2.24) is 0 Å². The molecule has 0 fully saturated rings. The standard InChI is InChI=1S/C8H5F4NO2/c9-3-1-4(7(13)14)6(10)5(2-3)15-8(11)12/h1-2,8H,(H2,13,14). The maximum atomic E-state index is 13.1. The minimum Gasteiger partial charge on any atom is -0.432 e. The van der Waals surface area contributed by atoms with Crippen molar-refractivity contribution >= 4 is 5.91 Å². The molecule has 3 nitrogen and oxygen atoms in total. The van der Waals surface area contributed by atoms with Crippen LogP contribution < -0.4 is 10.5 Å². The molecule has 1 amide bonds. The average molecular weight is 223 g/mol. The van der Waals surface area contributed by atoms with E-state index >= 15 is 0 Å². The number of primary amides is 1. The van der Waals surface area contributed by atoms with Crippen LogP contribution in [0.4, 0.5) is 17.6 Å². The van der Waals surface area contributed by atoms with E-state index in [9.17, 15) is 22.4 Å². The zero-order valence-electron chi connectivity index (χ0n) is 7.14. The number of rotatable bonds is 3. The van der Waals surface area contributed by atoms with Gasteiger partial charge < -0.3 is 10.5 Å². The van der Waals surface area contributed by atoms with Gasteiger partial charge in [-0.15, -0.1) is 0 Å². The Morgan fingerprint density at radius 2 is 1.93 bits per heavy atom. The second kappa shape index (κ2) is 4.16. The van der Waals surface area contributed by atoms with Crippen molar-refractivity contribution in [3.8, 4) is 5.75 Å². The molecule has 82 valence electrons. The number of benzene rings is 1. The van der Waals surface area contributed by atoms with E-state index in [4.69, 9.17) is 5.73 Å². The predicted octanol–water partition coefficient (Wildman–Crippen LogP) is 1.67. The summed E-state index contributed by atoms with van der Waals surface area (Å²) in [7, 11) is 0. The molecule has 0 aliphatic rings. The van der Waals surface area contributed by atoms with Crippen LogP contribution in [0.15, 0.2) is 12.1 Å². The zero-order valence-corrected chi connectivity index (χ0v) is 7.14. The van der Waals surface area contributed by atoms with Gasteiger partial charge in [0.05, 0.1) is 5.56 Å². The molecule has 1 aromatic rings. The summed E-state index contributed by atoms with van der Waals surface area (Å²) in [6.07, 6.45) is 0. The van der Waals surface area contributed by atoms with Crippen LogP contribution in [0.1, 0.15) is 10.4 Å². The minimum absolute atomic E-state index is 0.397. The molecule has 2 N–H and O–H groups in total. The van der Waals surface area contributed by atoms with Crippen LogP contribution in [0.5, 0.6) is 5.75 Å². The molecule has 1 rings (SSSR count). The molecular weight excluding hydrogens is 218 g/mol. The Hall–Kier alpha value is -1.79. The first kappa shape index (κ1) is 11.3. The number of halogens is 4. The van der Waals surface area contributed by atoms with Gasteiger partial charge in [0, 0.05) is 6.07 Å². The number of alkyl halides is 2. The Morgan fingerprint density at radius 1 is 1.33 bits per heavy atom. The van der Waals surface area contributed by atoms with Gasteiger partial charge in [0.15, 0.2) is 11.6 Å². The van der Waals surface area contributed by atoms with Crippen LogP contribution in [0.25, 0.3) is 0 Å². The summed E-state index contributed by atoms with van der Waals surface area (Å²) >= 11 is 0. The lowest BCUT2D eigenvalue weighted by molar-refractivity contribution is -0.0524. The topological polar surface area (TPSA) is 52.3 Å². The van der Waals surface area contributed by atoms with Crippen molar-refractivity contribution in [3.63, 3.8) is 0 Å². The lowest BCUT2D eigenvalue weighted by Gasteiger charge is -2.07. The molecule has 0 radical (unpaired) electrons. The highest BCUT2D eigenvalue weighted by Gasteiger charge is 2.18. The van der Waals surface area contributed by atoms with Crippen LogP contribution >= 0.6 is 0 Å². The van der Waals surface area contributed by atoms with Crippen molar-refractivity contribution < 1.29 is 27.1 Å². The van der Waals surface area contributed by atoms with Gasteiger partial charge in [-0.1, -0.05) is 0 Å². The number of carbonyl (C=O) groups is 1. The zero-order chi connectivity index (χ0) is 11.6. The van der Waals surface area contributed by atoms with Crippen molar-refractivity contribution in [2.75, 3.05) is 0 Å². The first-order valence-corrected chi connectivity index (χ1v) is 3.65. The fourth-order valence-corrected chi connectivity index (χ4v) is 0.925.